The summed E-state index contributed by atoms with van der Waals surface area (Å²) in [4.78, 5) is 4.91. The van der Waals surface area contributed by atoms with Crippen LogP contribution in [0.2, 0.25) is 0 Å². The highest BCUT2D eigenvalue weighted by Crippen LogP contribution is 2.03. The molecule has 0 aromatic heterocycles. The van der Waals surface area contributed by atoms with Gasteiger partial charge in [0.1, 0.15) is 0 Å². The number of hydrogen-bond donors (Lipinski definition) is 1. The highest BCUT2D eigenvalue weighted by atomic mass is 15.2. The lowest BCUT2D eigenvalue weighted by molar-refractivity contribution is 0.215. The molecule has 0 heterocycles. The molecule has 0 aromatic carbocycles. The minimum atomic E-state index is 0.766. The number of unbranched alkanes of at least 4 members (excludes halogenated alkanes) is 2. The van der Waals surface area contributed by atoms with Gasteiger partial charge in [-0.3, -0.25) is 0 Å². The van der Waals surface area contributed by atoms with Crippen molar-refractivity contribution in [3.05, 3.63) is 0 Å². The summed E-state index contributed by atoms with van der Waals surface area (Å²) >= 11 is 0. The van der Waals surface area contributed by atoms with Gasteiger partial charge in [0.25, 0.3) is 0 Å². The molecule has 0 aliphatic rings. The van der Waals surface area contributed by atoms with Crippen LogP contribution in [-0.4, -0.2) is 63.2 Å². The van der Waals surface area contributed by atoms with Crippen LogP contribution in [0.3, 0.4) is 0 Å². The Kier molecular flexibility index (Phi) is 12.5. The van der Waals surface area contributed by atoms with Crippen molar-refractivity contribution in [3.8, 4) is 0 Å². The van der Waals surface area contributed by atoms with Crippen LogP contribution >= 0.6 is 0 Å². The van der Waals surface area contributed by atoms with Crippen molar-refractivity contribution in [1.29, 1.82) is 0 Å². The van der Waals surface area contributed by atoms with Crippen molar-refractivity contribution in [2.75, 3.05) is 53.4 Å². The van der Waals surface area contributed by atoms with Crippen LogP contribution in [0.1, 0.15) is 47.0 Å². The number of likely N-dealkylation sites (N-methyl/N-ethyl adjacent to an activating group) is 1. The number of nitrogens with zero attached hydrogens (tertiary/aromatic N) is 2. The van der Waals surface area contributed by atoms with E-state index in [9.17, 15) is 0 Å². The molecule has 0 aliphatic carbocycles. The summed E-state index contributed by atoms with van der Waals surface area (Å²) in [6, 6.07) is 0. The Morgan fingerprint density at radius 2 is 1.50 bits per heavy atom. The molecule has 0 unspecified atom stereocenters. The van der Waals surface area contributed by atoms with E-state index in [4.69, 9.17) is 0 Å². The summed E-state index contributed by atoms with van der Waals surface area (Å²) in [6.07, 6.45) is 4.00. The molecule has 0 radical (unpaired) electrons. The summed E-state index contributed by atoms with van der Waals surface area (Å²) in [5.74, 6) is 1.53. The molecule has 0 saturated carbocycles. The second-order valence-corrected chi connectivity index (χ2v) is 7.16. The van der Waals surface area contributed by atoms with Crippen LogP contribution in [0.5, 0.6) is 0 Å². The third-order valence-electron chi connectivity index (χ3n) is 3.37. The van der Waals surface area contributed by atoms with Crippen LogP contribution in [0.15, 0.2) is 0 Å². The fourth-order valence-electron chi connectivity index (χ4n) is 2.31. The van der Waals surface area contributed by atoms with Gasteiger partial charge in [-0.1, -0.05) is 34.1 Å². The number of rotatable bonds is 13. The van der Waals surface area contributed by atoms with Gasteiger partial charge >= 0.3 is 0 Å². The molecule has 122 valence electrons. The molecule has 0 saturated heterocycles. The fraction of sp³-hybridized carbons (Fsp3) is 1.00. The maximum atomic E-state index is 3.52. The maximum Gasteiger partial charge on any atom is 0.0109 e. The molecule has 0 amide bonds. The Hall–Kier alpha value is -0.120. The van der Waals surface area contributed by atoms with Crippen molar-refractivity contribution in [2.24, 2.45) is 11.8 Å². The van der Waals surface area contributed by atoms with Gasteiger partial charge in [0.15, 0.2) is 0 Å². The van der Waals surface area contributed by atoms with E-state index in [1.807, 2.05) is 0 Å². The zero-order valence-electron chi connectivity index (χ0n) is 14.9. The van der Waals surface area contributed by atoms with E-state index in [-0.39, 0.29) is 0 Å². The first-order chi connectivity index (χ1) is 9.41. The molecule has 3 heteroatoms. The van der Waals surface area contributed by atoms with Gasteiger partial charge in [0.05, 0.1) is 0 Å². The highest BCUT2D eigenvalue weighted by Gasteiger charge is 2.07. The normalized spacial score (nSPS) is 12.3. The Bertz CT molecular complexity index is 202. The Balaban J connectivity index is 3.62. The summed E-state index contributed by atoms with van der Waals surface area (Å²) < 4.78 is 0. The minimum Gasteiger partial charge on any atom is -0.316 e. The van der Waals surface area contributed by atoms with E-state index in [0.717, 1.165) is 18.4 Å². The molecule has 0 aromatic rings. The largest absolute Gasteiger partial charge is 0.316 e. The minimum absolute atomic E-state index is 0.766. The van der Waals surface area contributed by atoms with E-state index >= 15 is 0 Å². The van der Waals surface area contributed by atoms with Crippen molar-refractivity contribution >= 4 is 0 Å². The predicted octanol–water partition coefficient (Wildman–Crippen LogP) is 2.92. The van der Waals surface area contributed by atoms with Crippen molar-refractivity contribution in [2.45, 2.75) is 47.0 Å². The molecule has 0 bridgehead atoms. The van der Waals surface area contributed by atoms with Gasteiger partial charge in [0.2, 0.25) is 0 Å². The smallest absolute Gasteiger partial charge is 0.0109 e. The van der Waals surface area contributed by atoms with Gasteiger partial charge < -0.3 is 15.1 Å². The summed E-state index contributed by atoms with van der Waals surface area (Å²) in [5, 5.41) is 3.52. The molecular weight excluding hydrogens is 246 g/mol. The first kappa shape index (κ1) is 19.9. The third-order valence-corrected chi connectivity index (χ3v) is 3.37. The van der Waals surface area contributed by atoms with Crippen molar-refractivity contribution < 1.29 is 0 Å². The van der Waals surface area contributed by atoms with E-state index in [1.165, 1.54) is 52.0 Å². The lowest BCUT2D eigenvalue weighted by Crippen LogP contribution is -2.35. The quantitative estimate of drug-likeness (QED) is 0.525. The monoisotopic (exact) mass is 285 g/mol. The molecule has 0 spiro atoms. The molecule has 0 rings (SSSR count). The van der Waals surface area contributed by atoms with E-state index < -0.39 is 0 Å². The van der Waals surface area contributed by atoms with Crippen LogP contribution in [0, 0.1) is 11.8 Å². The summed E-state index contributed by atoms with van der Waals surface area (Å²) in [6.45, 7) is 16.4. The zero-order chi connectivity index (χ0) is 15.4. The van der Waals surface area contributed by atoms with Gasteiger partial charge in [-0.05, 0) is 58.4 Å². The second kappa shape index (κ2) is 12.6. The molecule has 20 heavy (non-hydrogen) atoms. The number of hydrogen-bond acceptors (Lipinski definition) is 3. The van der Waals surface area contributed by atoms with Gasteiger partial charge in [-0.2, -0.15) is 0 Å². The lowest BCUT2D eigenvalue weighted by atomic mass is 10.1. The number of nitrogens with one attached hydrogen (secondary N) is 1. The molecule has 0 atom stereocenters. The third kappa shape index (κ3) is 14.3. The van der Waals surface area contributed by atoms with Crippen LogP contribution in [-0.2, 0) is 0 Å². The van der Waals surface area contributed by atoms with Gasteiger partial charge in [-0.15, -0.1) is 0 Å². The topological polar surface area (TPSA) is 18.5 Å². The summed E-state index contributed by atoms with van der Waals surface area (Å²) in [7, 11) is 4.32. The average Bonchev–Trinajstić information content (AvgIpc) is 2.33. The Morgan fingerprint density at radius 3 is 2.05 bits per heavy atom. The molecule has 3 nitrogen and oxygen atoms in total. The molecular formula is C17H39N3. The van der Waals surface area contributed by atoms with Crippen LogP contribution in [0.4, 0.5) is 0 Å². The molecule has 0 fully saturated rings. The van der Waals surface area contributed by atoms with Gasteiger partial charge in [0, 0.05) is 19.6 Å². The van der Waals surface area contributed by atoms with Crippen LogP contribution < -0.4 is 5.32 Å². The van der Waals surface area contributed by atoms with E-state index in [1.54, 1.807) is 0 Å². The maximum absolute atomic E-state index is 3.52. The Morgan fingerprint density at radius 1 is 0.800 bits per heavy atom. The zero-order valence-corrected chi connectivity index (χ0v) is 14.9. The SMILES string of the molecule is CC(C)CNCCCCCN(CCN(C)C)CC(C)C. The summed E-state index contributed by atoms with van der Waals surface area (Å²) in [5.41, 5.74) is 0. The van der Waals surface area contributed by atoms with Crippen molar-refractivity contribution in [3.63, 3.8) is 0 Å². The van der Waals surface area contributed by atoms with E-state index in [2.05, 4.69) is 56.9 Å². The predicted molar refractivity (Wildman–Crippen MR) is 91.4 cm³/mol. The molecule has 0 aliphatic heterocycles. The van der Waals surface area contributed by atoms with Gasteiger partial charge in [-0.25, -0.2) is 0 Å². The fourth-order valence-corrected chi connectivity index (χ4v) is 2.31. The highest BCUT2D eigenvalue weighted by molar-refractivity contribution is 4.63. The Labute approximate surface area is 128 Å². The molecule has 1 N–H and O–H groups in total. The second-order valence-electron chi connectivity index (χ2n) is 7.16. The van der Waals surface area contributed by atoms with E-state index in [0.29, 0.717) is 0 Å². The average molecular weight is 286 g/mol. The first-order valence-corrected chi connectivity index (χ1v) is 8.49. The standard InChI is InChI=1S/C17H39N3/c1-16(2)14-18-10-8-7-9-11-20(15-17(3)4)13-12-19(5)6/h16-18H,7-15H2,1-6H3. The first-order valence-electron chi connectivity index (χ1n) is 8.49. The van der Waals surface area contributed by atoms with Crippen molar-refractivity contribution in [1.82, 2.24) is 15.1 Å². The lowest BCUT2D eigenvalue weighted by Gasteiger charge is -2.25. The van der Waals surface area contributed by atoms with Crippen LogP contribution in [0.25, 0.3) is 0 Å².